The Morgan fingerprint density at radius 2 is 1.59 bits per heavy atom. The highest BCUT2D eigenvalue weighted by atomic mass is 32.1. The molecule has 1 aromatic rings. The van der Waals surface area contributed by atoms with Crippen LogP contribution in [0.5, 0.6) is 0 Å². The van der Waals surface area contributed by atoms with Crippen molar-refractivity contribution in [2.24, 2.45) is 5.92 Å². The van der Waals surface area contributed by atoms with Gasteiger partial charge in [-0.15, -0.1) is 11.3 Å². The Morgan fingerprint density at radius 1 is 0.862 bits per heavy atom. The molecule has 0 aromatic carbocycles. The lowest BCUT2D eigenvalue weighted by molar-refractivity contribution is -0.138. The summed E-state index contributed by atoms with van der Waals surface area (Å²) in [4.78, 5) is 34.8. The van der Waals surface area contributed by atoms with Crippen LogP contribution in [-0.4, -0.2) is 71.8 Å². The van der Waals surface area contributed by atoms with Gasteiger partial charge in [0, 0.05) is 56.1 Å². The lowest BCUT2D eigenvalue weighted by atomic mass is 9.87. The Hall–Kier alpha value is -1.40. The van der Waals surface area contributed by atoms with Gasteiger partial charge in [0.1, 0.15) is 0 Å². The molecule has 0 N–H and O–H groups in total. The summed E-state index contributed by atoms with van der Waals surface area (Å²) in [6.07, 6.45) is 10.4. The van der Waals surface area contributed by atoms with Crippen molar-refractivity contribution in [2.75, 3.05) is 39.3 Å². The number of rotatable bonds is 3. The number of piperazine rings is 1. The highest BCUT2D eigenvalue weighted by Gasteiger charge is 2.34. The topological polar surface area (TPSA) is 43.9 Å². The van der Waals surface area contributed by atoms with Crippen molar-refractivity contribution in [3.05, 3.63) is 21.4 Å². The maximum Gasteiger partial charge on any atom is 0.263 e. The molecule has 29 heavy (non-hydrogen) atoms. The number of thiophene rings is 1. The predicted octanol–water partition coefficient (Wildman–Crippen LogP) is 3.18. The maximum atomic E-state index is 13.2. The van der Waals surface area contributed by atoms with E-state index in [2.05, 4.69) is 15.9 Å². The minimum atomic E-state index is 0.102. The molecule has 3 fully saturated rings. The Morgan fingerprint density at radius 3 is 2.31 bits per heavy atom. The van der Waals surface area contributed by atoms with Gasteiger partial charge < -0.3 is 9.80 Å². The first-order valence-corrected chi connectivity index (χ1v) is 12.4. The Labute approximate surface area is 178 Å². The molecule has 0 spiro atoms. The molecule has 1 atom stereocenters. The van der Waals surface area contributed by atoms with Crippen molar-refractivity contribution in [2.45, 2.75) is 63.8 Å². The molecule has 5 rings (SSSR count). The molecule has 1 aromatic heterocycles. The molecule has 6 heteroatoms. The van der Waals surface area contributed by atoms with Crippen molar-refractivity contribution in [3.8, 4) is 0 Å². The van der Waals surface area contributed by atoms with Crippen LogP contribution in [0, 0.1) is 5.92 Å². The second-order valence-electron chi connectivity index (χ2n) is 9.30. The molecule has 2 saturated heterocycles. The van der Waals surface area contributed by atoms with E-state index in [1.54, 1.807) is 11.3 Å². The fourth-order valence-electron chi connectivity index (χ4n) is 5.75. The van der Waals surface area contributed by atoms with Crippen molar-refractivity contribution < 1.29 is 9.59 Å². The summed E-state index contributed by atoms with van der Waals surface area (Å²) in [6, 6.07) is 2.86. The fraction of sp³-hybridized carbons (Fsp3) is 0.739. The molecule has 2 aliphatic heterocycles. The van der Waals surface area contributed by atoms with Crippen LogP contribution in [0.4, 0.5) is 0 Å². The van der Waals surface area contributed by atoms with Crippen LogP contribution in [-0.2, 0) is 17.6 Å². The number of hydrogen-bond donors (Lipinski definition) is 0. The van der Waals surface area contributed by atoms with Gasteiger partial charge >= 0.3 is 0 Å². The van der Waals surface area contributed by atoms with E-state index in [4.69, 9.17) is 0 Å². The third-order valence-electron chi connectivity index (χ3n) is 7.50. The van der Waals surface area contributed by atoms with Crippen molar-refractivity contribution in [3.63, 3.8) is 0 Å². The Balaban J connectivity index is 1.18. The smallest absolute Gasteiger partial charge is 0.263 e. The average molecular weight is 416 g/mol. The number of fused-ring (bicyclic) bond motifs is 1. The summed E-state index contributed by atoms with van der Waals surface area (Å²) in [5, 5.41) is 0. The van der Waals surface area contributed by atoms with Crippen molar-refractivity contribution >= 4 is 23.2 Å². The largest absolute Gasteiger partial charge is 0.340 e. The molecule has 0 bridgehead atoms. The van der Waals surface area contributed by atoms with Gasteiger partial charge in [-0.3, -0.25) is 14.5 Å². The van der Waals surface area contributed by atoms with Gasteiger partial charge in [0.25, 0.3) is 5.91 Å². The summed E-state index contributed by atoms with van der Waals surface area (Å²) in [6.45, 7) is 5.66. The first-order valence-electron chi connectivity index (χ1n) is 11.6. The van der Waals surface area contributed by atoms with Crippen LogP contribution in [0.1, 0.15) is 65.1 Å². The number of hydrogen-bond acceptors (Lipinski definition) is 4. The molecule has 5 nitrogen and oxygen atoms in total. The molecular formula is C23H33N3O2S. The van der Waals surface area contributed by atoms with Crippen LogP contribution in [0.25, 0.3) is 0 Å². The quantitative estimate of drug-likeness (QED) is 0.762. The number of carbonyl (C=O) groups is 2. The van der Waals surface area contributed by atoms with E-state index < -0.39 is 0 Å². The van der Waals surface area contributed by atoms with Gasteiger partial charge in [0.15, 0.2) is 0 Å². The van der Waals surface area contributed by atoms with E-state index in [0.29, 0.717) is 5.91 Å². The van der Waals surface area contributed by atoms with E-state index in [-0.39, 0.29) is 11.8 Å². The monoisotopic (exact) mass is 415 g/mol. The predicted molar refractivity (Wildman–Crippen MR) is 115 cm³/mol. The first kappa shape index (κ1) is 19.6. The van der Waals surface area contributed by atoms with Crippen LogP contribution in [0.15, 0.2) is 6.07 Å². The number of nitrogens with zero attached hydrogens (tertiary/aromatic N) is 3. The fourth-order valence-corrected chi connectivity index (χ4v) is 6.93. The SMILES string of the molecule is O=C(c1cc2c(s1)CC[C@@H](C(=O)N1CCN(C3CCCC3)CC1)C2)N1CCCC1. The standard InChI is InChI=1S/C23H33N3O2S/c27-22(26-13-11-24(12-14-26)19-5-1-2-6-19)17-7-8-20-18(15-17)16-21(29-20)23(28)25-9-3-4-10-25/h16-17,19H,1-15H2/t17-/m1/s1. The summed E-state index contributed by atoms with van der Waals surface area (Å²) >= 11 is 1.67. The summed E-state index contributed by atoms with van der Waals surface area (Å²) < 4.78 is 0. The van der Waals surface area contributed by atoms with Gasteiger partial charge in [-0.2, -0.15) is 0 Å². The lowest BCUT2D eigenvalue weighted by Gasteiger charge is -2.39. The number of aryl methyl sites for hydroxylation is 1. The first-order chi connectivity index (χ1) is 14.2. The van der Waals surface area contributed by atoms with Crippen molar-refractivity contribution in [1.82, 2.24) is 14.7 Å². The Kier molecular flexibility index (Phi) is 5.65. The highest BCUT2D eigenvalue weighted by molar-refractivity contribution is 7.14. The zero-order chi connectivity index (χ0) is 19.8. The molecule has 0 unspecified atom stereocenters. The van der Waals surface area contributed by atoms with Gasteiger partial charge in [0.05, 0.1) is 4.88 Å². The van der Waals surface area contributed by atoms with Crippen LogP contribution >= 0.6 is 11.3 Å². The van der Waals surface area contributed by atoms with E-state index >= 15 is 0 Å². The maximum absolute atomic E-state index is 13.2. The van der Waals surface area contributed by atoms with Crippen LogP contribution in [0.3, 0.4) is 0 Å². The molecular weight excluding hydrogens is 382 g/mol. The molecule has 2 amide bonds. The van der Waals surface area contributed by atoms with Gasteiger partial charge in [-0.25, -0.2) is 0 Å². The molecule has 4 aliphatic rings. The van der Waals surface area contributed by atoms with E-state index in [0.717, 1.165) is 82.3 Å². The van der Waals surface area contributed by atoms with Gasteiger partial charge in [-0.05, 0) is 56.6 Å². The molecule has 2 aliphatic carbocycles. The average Bonchev–Trinajstić information content (AvgIpc) is 3.53. The second kappa shape index (κ2) is 8.38. The van der Waals surface area contributed by atoms with Crippen molar-refractivity contribution in [1.29, 1.82) is 0 Å². The molecule has 1 saturated carbocycles. The number of likely N-dealkylation sites (tertiary alicyclic amines) is 1. The Bertz CT molecular complexity index is 756. The summed E-state index contributed by atoms with van der Waals surface area (Å²) in [7, 11) is 0. The number of amides is 2. The van der Waals surface area contributed by atoms with Crippen LogP contribution < -0.4 is 0 Å². The zero-order valence-electron chi connectivity index (χ0n) is 17.4. The normalized spacial score (nSPS) is 26.1. The third kappa shape index (κ3) is 3.98. The zero-order valence-corrected chi connectivity index (χ0v) is 18.2. The minimum Gasteiger partial charge on any atom is -0.340 e. The van der Waals surface area contributed by atoms with Gasteiger partial charge in [-0.1, -0.05) is 12.8 Å². The minimum absolute atomic E-state index is 0.102. The van der Waals surface area contributed by atoms with E-state index in [1.807, 2.05) is 4.90 Å². The van der Waals surface area contributed by atoms with E-state index in [1.165, 1.54) is 36.1 Å². The highest BCUT2D eigenvalue weighted by Crippen LogP contribution is 2.34. The third-order valence-corrected chi connectivity index (χ3v) is 8.73. The van der Waals surface area contributed by atoms with Gasteiger partial charge in [0.2, 0.25) is 5.91 Å². The second-order valence-corrected chi connectivity index (χ2v) is 10.4. The molecule has 0 radical (unpaired) electrons. The summed E-state index contributed by atoms with van der Waals surface area (Å²) in [5.74, 6) is 0.651. The number of carbonyl (C=O) groups excluding carboxylic acids is 2. The van der Waals surface area contributed by atoms with Crippen LogP contribution in [0.2, 0.25) is 0 Å². The van der Waals surface area contributed by atoms with E-state index in [9.17, 15) is 9.59 Å². The lowest BCUT2D eigenvalue weighted by Crippen LogP contribution is -2.53. The molecule has 158 valence electrons. The summed E-state index contributed by atoms with van der Waals surface area (Å²) in [5.41, 5.74) is 1.26. The molecule has 3 heterocycles.